The Labute approximate surface area is 203 Å². The van der Waals surface area contributed by atoms with E-state index in [0.717, 1.165) is 4.90 Å². The first-order valence-corrected chi connectivity index (χ1v) is 10.6. The lowest BCUT2D eigenvalue weighted by atomic mass is 9.94. The summed E-state index contributed by atoms with van der Waals surface area (Å²) in [6, 6.07) is 5.43. The minimum atomic E-state index is -1.25. The molecular weight excluding hydrogens is 465 g/mol. The standard InChI is InChI=1S/C23H30FN3O6S/c1-13(2)22(26-14(3)27(4)23(32)33-34)19(21(25)15-5-7-16(24)8-6-15)10-9-17(28)11-18(29)12-20(30)31/h5-10,13,17-18,28-29,34H,3,11-12,25H2,1-2,4H3,(H,30,31)/b10-9+,21-19-,26-22-/t17-,18-/m1/s1. The summed E-state index contributed by atoms with van der Waals surface area (Å²) in [5, 5.41) is 28.8. The maximum atomic E-state index is 13.4. The molecule has 0 spiro atoms. The number of carbonyl (C=O) groups is 2. The van der Waals surface area contributed by atoms with Crippen LogP contribution < -0.4 is 5.73 Å². The van der Waals surface area contributed by atoms with Crippen LogP contribution in [-0.2, 0) is 8.98 Å². The van der Waals surface area contributed by atoms with Crippen LogP contribution in [0.5, 0.6) is 0 Å². The molecule has 0 aliphatic heterocycles. The second-order valence-corrected chi connectivity index (χ2v) is 7.91. The number of carboxylic acid groups (broad SMARTS) is 1. The van der Waals surface area contributed by atoms with Gasteiger partial charge in [-0.3, -0.25) is 9.69 Å². The molecule has 9 nitrogen and oxygen atoms in total. The van der Waals surface area contributed by atoms with E-state index >= 15 is 0 Å². The lowest BCUT2D eigenvalue weighted by Crippen LogP contribution is -2.25. The molecule has 0 fully saturated rings. The Balaban J connectivity index is 3.50. The normalized spacial score (nSPS) is 14.5. The van der Waals surface area contributed by atoms with Gasteiger partial charge in [0.15, 0.2) is 0 Å². The highest BCUT2D eigenvalue weighted by molar-refractivity contribution is 7.75. The molecule has 186 valence electrons. The number of nitrogens with zero attached hydrogens (tertiary/aromatic N) is 2. The topological polar surface area (TPSA) is 146 Å². The Hall–Kier alpha value is -3.15. The van der Waals surface area contributed by atoms with Crippen molar-refractivity contribution in [2.45, 2.75) is 38.9 Å². The molecule has 0 aliphatic rings. The number of hydrogen-bond donors (Lipinski definition) is 5. The van der Waals surface area contributed by atoms with Crippen molar-refractivity contribution in [1.82, 2.24) is 4.90 Å². The van der Waals surface area contributed by atoms with Gasteiger partial charge in [0.05, 0.1) is 24.3 Å². The fourth-order valence-corrected chi connectivity index (χ4v) is 2.95. The Bertz CT molecular complexity index is 975. The van der Waals surface area contributed by atoms with Crippen LogP contribution >= 0.6 is 12.9 Å². The van der Waals surface area contributed by atoms with Crippen LogP contribution in [-0.4, -0.2) is 57.2 Å². The van der Waals surface area contributed by atoms with E-state index in [4.69, 9.17) is 10.8 Å². The average molecular weight is 496 g/mol. The molecule has 0 saturated carbocycles. The third kappa shape index (κ3) is 9.00. The minimum absolute atomic E-state index is 0.0259. The summed E-state index contributed by atoms with van der Waals surface area (Å²) in [4.78, 5) is 28.0. The lowest BCUT2D eigenvalue weighted by Gasteiger charge is -2.19. The molecule has 1 amide bonds. The van der Waals surface area contributed by atoms with Crippen LogP contribution in [0.2, 0.25) is 0 Å². The molecule has 34 heavy (non-hydrogen) atoms. The summed E-state index contributed by atoms with van der Waals surface area (Å²) in [6.45, 7) is 7.41. The number of allylic oxidation sites excluding steroid dienone is 2. The number of hydrogen-bond acceptors (Lipinski definition) is 8. The van der Waals surface area contributed by atoms with Crippen LogP contribution in [0.4, 0.5) is 9.18 Å². The zero-order valence-electron chi connectivity index (χ0n) is 19.2. The molecule has 0 radical (unpaired) electrons. The number of aliphatic carboxylic acids is 1. The Morgan fingerprint density at radius 2 is 1.88 bits per heavy atom. The highest BCUT2D eigenvalue weighted by Gasteiger charge is 2.19. The number of benzene rings is 1. The maximum absolute atomic E-state index is 13.4. The van der Waals surface area contributed by atoms with E-state index in [1.807, 2.05) is 13.8 Å². The van der Waals surface area contributed by atoms with Gasteiger partial charge in [-0.1, -0.05) is 32.6 Å². The van der Waals surface area contributed by atoms with Crippen molar-refractivity contribution in [3.63, 3.8) is 0 Å². The average Bonchev–Trinajstić information content (AvgIpc) is 2.76. The number of amides is 1. The fraction of sp³-hybridized carbons (Fsp3) is 0.348. The molecule has 11 heteroatoms. The summed E-state index contributed by atoms with van der Waals surface area (Å²) in [5.74, 6) is -1.86. The minimum Gasteiger partial charge on any atom is -0.481 e. The number of carboxylic acids is 1. The van der Waals surface area contributed by atoms with Gasteiger partial charge in [0, 0.05) is 37.6 Å². The third-order valence-corrected chi connectivity index (χ3v) is 4.82. The van der Waals surface area contributed by atoms with E-state index in [2.05, 4.69) is 28.7 Å². The zero-order chi connectivity index (χ0) is 26.0. The molecule has 5 N–H and O–H groups in total. The molecule has 0 saturated heterocycles. The van der Waals surface area contributed by atoms with Gasteiger partial charge < -0.3 is 25.2 Å². The SMILES string of the molecule is C=C(\N=C(C(/C=C/[C@@H](O)C[C@@H](O)CC(=O)O)=C(\N)c1ccc(F)cc1)\C(C)C)N(C)C(=O)OS. The van der Waals surface area contributed by atoms with Gasteiger partial charge >= 0.3 is 12.1 Å². The number of aliphatic hydroxyl groups is 2. The van der Waals surface area contributed by atoms with Gasteiger partial charge in [-0.25, -0.2) is 14.2 Å². The number of thiol groups is 1. The van der Waals surface area contributed by atoms with E-state index in [-0.39, 0.29) is 23.9 Å². The van der Waals surface area contributed by atoms with Crippen molar-refractivity contribution in [2.24, 2.45) is 16.6 Å². The predicted molar refractivity (Wildman–Crippen MR) is 130 cm³/mol. The van der Waals surface area contributed by atoms with Crippen LogP contribution in [0, 0.1) is 11.7 Å². The van der Waals surface area contributed by atoms with E-state index in [9.17, 15) is 24.2 Å². The molecule has 1 rings (SSSR count). The molecule has 0 unspecified atom stereocenters. The first kappa shape index (κ1) is 28.9. The van der Waals surface area contributed by atoms with Crippen LogP contribution in [0.3, 0.4) is 0 Å². The second kappa shape index (κ2) is 13.5. The number of aliphatic imine (C=N–C) groups is 1. The molecule has 2 atom stereocenters. The molecule has 0 bridgehead atoms. The number of halogens is 1. The molecular formula is C23H30FN3O6S. The monoisotopic (exact) mass is 495 g/mol. The molecule has 0 heterocycles. The maximum Gasteiger partial charge on any atom is 0.427 e. The van der Waals surface area contributed by atoms with E-state index in [1.54, 1.807) is 0 Å². The van der Waals surface area contributed by atoms with E-state index < -0.39 is 36.5 Å². The number of rotatable bonds is 11. The smallest absolute Gasteiger partial charge is 0.427 e. The van der Waals surface area contributed by atoms with E-state index in [1.165, 1.54) is 43.5 Å². The summed E-state index contributed by atoms with van der Waals surface area (Å²) in [7, 11) is 1.39. The summed E-state index contributed by atoms with van der Waals surface area (Å²) in [6.07, 6.45) is -1.18. The Morgan fingerprint density at radius 3 is 2.38 bits per heavy atom. The number of aliphatic hydroxyl groups excluding tert-OH is 2. The first-order chi connectivity index (χ1) is 15.9. The van der Waals surface area contributed by atoms with Gasteiger partial charge in [0.2, 0.25) is 0 Å². The summed E-state index contributed by atoms with van der Waals surface area (Å²) < 4.78 is 17.8. The first-order valence-electron chi connectivity index (χ1n) is 10.3. The molecule has 1 aromatic carbocycles. The third-order valence-electron chi connectivity index (χ3n) is 4.67. The van der Waals surface area contributed by atoms with Crippen molar-refractivity contribution in [1.29, 1.82) is 0 Å². The van der Waals surface area contributed by atoms with Crippen molar-refractivity contribution >= 4 is 36.4 Å². The molecule has 0 aliphatic carbocycles. The molecule has 1 aromatic rings. The van der Waals surface area contributed by atoms with Crippen LogP contribution in [0.15, 0.2) is 59.4 Å². The number of nitrogens with two attached hydrogens (primary N) is 1. The summed E-state index contributed by atoms with van der Waals surface area (Å²) in [5.41, 5.74) is 7.81. The fourth-order valence-electron chi connectivity index (χ4n) is 2.83. The van der Waals surface area contributed by atoms with Crippen molar-refractivity contribution < 1.29 is 33.5 Å². The predicted octanol–water partition coefficient (Wildman–Crippen LogP) is 3.12. The van der Waals surface area contributed by atoms with Crippen LogP contribution in [0.1, 0.15) is 32.3 Å². The summed E-state index contributed by atoms with van der Waals surface area (Å²) >= 11 is 3.48. The quantitative estimate of drug-likeness (QED) is 0.137. The number of carbonyl (C=O) groups excluding carboxylic acids is 1. The zero-order valence-corrected chi connectivity index (χ0v) is 20.1. The van der Waals surface area contributed by atoms with Crippen molar-refractivity contribution in [3.8, 4) is 0 Å². The highest BCUT2D eigenvalue weighted by atomic mass is 32.1. The van der Waals surface area contributed by atoms with E-state index in [0.29, 0.717) is 16.8 Å². The Kier molecular flexibility index (Phi) is 11.5. The van der Waals surface area contributed by atoms with Gasteiger partial charge in [0.1, 0.15) is 11.6 Å². The van der Waals surface area contributed by atoms with Crippen molar-refractivity contribution in [3.05, 3.63) is 65.8 Å². The highest BCUT2D eigenvalue weighted by Crippen LogP contribution is 2.22. The van der Waals surface area contributed by atoms with Crippen molar-refractivity contribution in [2.75, 3.05) is 7.05 Å². The largest absolute Gasteiger partial charge is 0.481 e. The van der Waals surface area contributed by atoms with Gasteiger partial charge in [-0.05, 0) is 35.7 Å². The lowest BCUT2D eigenvalue weighted by molar-refractivity contribution is -0.139. The van der Waals surface area contributed by atoms with Gasteiger partial charge in [0.25, 0.3) is 0 Å². The van der Waals surface area contributed by atoms with Gasteiger partial charge in [-0.2, -0.15) is 0 Å². The second-order valence-electron chi connectivity index (χ2n) is 7.73. The van der Waals surface area contributed by atoms with Crippen LogP contribution in [0.25, 0.3) is 5.70 Å². The molecule has 0 aromatic heterocycles. The van der Waals surface area contributed by atoms with Gasteiger partial charge in [-0.15, -0.1) is 0 Å². The Morgan fingerprint density at radius 1 is 1.29 bits per heavy atom.